The summed E-state index contributed by atoms with van der Waals surface area (Å²) in [6.45, 7) is 18.1. The lowest BCUT2D eigenvalue weighted by Gasteiger charge is -2.36. The van der Waals surface area contributed by atoms with Crippen molar-refractivity contribution in [1.29, 1.82) is 0 Å². The summed E-state index contributed by atoms with van der Waals surface area (Å²) < 4.78 is 12.4. The van der Waals surface area contributed by atoms with E-state index >= 15 is 0 Å². The van der Waals surface area contributed by atoms with Gasteiger partial charge >= 0.3 is 0 Å². The van der Waals surface area contributed by atoms with Gasteiger partial charge in [-0.25, -0.2) is 0 Å². The molecule has 1 aromatic carbocycles. The van der Waals surface area contributed by atoms with Crippen LogP contribution in [0.15, 0.2) is 18.2 Å². The summed E-state index contributed by atoms with van der Waals surface area (Å²) in [4.78, 5) is 22.1. The van der Waals surface area contributed by atoms with E-state index in [1.165, 1.54) is 24.8 Å². The molecule has 3 rings (SSSR count). The smallest absolute Gasteiger partial charge is 0.293 e. The van der Waals surface area contributed by atoms with Gasteiger partial charge in [0.15, 0.2) is 5.82 Å². The number of nitrogens with zero attached hydrogens (tertiary/aromatic N) is 3. The number of hydrogen-bond acceptors (Lipinski definition) is 6. The summed E-state index contributed by atoms with van der Waals surface area (Å²) in [5.41, 5.74) is 3.07. The van der Waals surface area contributed by atoms with Crippen LogP contribution in [0.25, 0.3) is 0 Å². The van der Waals surface area contributed by atoms with Gasteiger partial charge in [0.25, 0.3) is 6.47 Å². The van der Waals surface area contributed by atoms with Crippen LogP contribution in [0.2, 0.25) is 0 Å². The minimum Gasteiger partial charge on any atom is -0.468 e. The van der Waals surface area contributed by atoms with Crippen LogP contribution < -0.4 is 5.32 Å². The number of carbonyl (C=O) groups is 2. The van der Waals surface area contributed by atoms with E-state index in [9.17, 15) is 9.59 Å². The van der Waals surface area contributed by atoms with Gasteiger partial charge in [0, 0.05) is 24.3 Å². The second kappa shape index (κ2) is 14.9. The molecule has 0 spiro atoms. The molecule has 206 valence electrons. The van der Waals surface area contributed by atoms with Crippen LogP contribution in [0, 0.1) is 25.7 Å². The van der Waals surface area contributed by atoms with Gasteiger partial charge in [-0.3, -0.25) is 9.59 Å². The van der Waals surface area contributed by atoms with Crippen molar-refractivity contribution in [2.75, 3.05) is 18.5 Å². The van der Waals surface area contributed by atoms with Crippen LogP contribution in [0.1, 0.15) is 108 Å². The minimum atomic E-state index is -0.416. The predicted molar refractivity (Wildman–Crippen MR) is 147 cm³/mol. The first-order valence-electron chi connectivity index (χ1n) is 13.6. The summed E-state index contributed by atoms with van der Waals surface area (Å²) in [7, 11) is 0. The fourth-order valence-corrected chi connectivity index (χ4v) is 4.97. The maximum atomic E-state index is 12.9. The van der Waals surface area contributed by atoms with Crippen molar-refractivity contribution in [2.24, 2.45) is 11.8 Å². The fraction of sp³-hybridized carbons (Fsp3) is 0.655. The molecule has 0 saturated heterocycles. The van der Waals surface area contributed by atoms with E-state index in [1.54, 1.807) is 6.92 Å². The number of aromatic nitrogens is 3. The highest BCUT2D eigenvalue weighted by Gasteiger charge is 2.36. The SMILES string of the molecule is CCOC=O.CCO[C@@H](CC(=O)Nc1ccc(C)cc1C)c1nnc(C2CC(CC(C)C)C2)n1C(C)C. The zero-order chi connectivity index (χ0) is 27.5. The highest BCUT2D eigenvalue weighted by Crippen LogP contribution is 2.45. The Bertz CT molecular complexity index is 996. The van der Waals surface area contributed by atoms with Crippen molar-refractivity contribution in [3.05, 3.63) is 41.0 Å². The van der Waals surface area contributed by atoms with Crippen LogP contribution in [0.5, 0.6) is 0 Å². The molecule has 37 heavy (non-hydrogen) atoms. The third-order valence-electron chi connectivity index (χ3n) is 6.59. The van der Waals surface area contributed by atoms with Crippen molar-refractivity contribution in [3.63, 3.8) is 0 Å². The number of benzene rings is 1. The average Bonchev–Trinajstić information content (AvgIpc) is 3.23. The van der Waals surface area contributed by atoms with E-state index in [-0.39, 0.29) is 18.4 Å². The number of hydrogen-bond donors (Lipinski definition) is 1. The van der Waals surface area contributed by atoms with Gasteiger partial charge in [0.1, 0.15) is 11.9 Å². The third kappa shape index (κ3) is 8.95. The molecule has 1 aliphatic rings. The van der Waals surface area contributed by atoms with Gasteiger partial charge in [-0.1, -0.05) is 31.5 Å². The molecule has 8 heteroatoms. The van der Waals surface area contributed by atoms with E-state index in [2.05, 4.69) is 58.6 Å². The molecule has 1 heterocycles. The van der Waals surface area contributed by atoms with Crippen molar-refractivity contribution in [1.82, 2.24) is 14.8 Å². The van der Waals surface area contributed by atoms with Crippen molar-refractivity contribution in [2.45, 2.75) is 99.1 Å². The molecule has 1 amide bonds. The minimum absolute atomic E-state index is 0.0732. The quantitative estimate of drug-likeness (QED) is 0.334. The zero-order valence-electron chi connectivity index (χ0n) is 23.9. The normalized spacial score (nSPS) is 17.6. The van der Waals surface area contributed by atoms with Crippen LogP contribution in [0.4, 0.5) is 5.69 Å². The van der Waals surface area contributed by atoms with Crippen LogP contribution in [-0.4, -0.2) is 40.4 Å². The third-order valence-corrected chi connectivity index (χ3v) is 6.59. The Morgan fingerprint density at radius 3 is 2.35 bits per heavy atom. The number of aryl methyl sites for hydroxylation is 2. The summed E-state index contributed by atoms with van der Waals surface area (Å²) in [6, 6.07) is 6.25. The first-order chi connectivity index (χ1) is 17.6. The van der Waals surface area contributed by atoms with Gasteiger partial charge in [0.05, 0.1) is 13.0 Å². The molecule has 1 fully saturated rings. The molecule has 0 bridgehead atoms. The molecule has 1 aromatic heterocycles. The number of amides is 1. The monoisotopic (exact) mass is 514 g/mol. The van der Waals surface area contributed by atoms with E-state index in [1.807, 2.05) is 32.9 Å². The first-order valence-corrected chi connectivity index (χ1v) is 13.6. The van der Waals surface area contributed by atoms with E-state index in [4.69, 9.17) is 4.74 Å². The molecular weight excluding hydrogens is 468 g/mol. The maximum Gasteiger partial charge on any atom is 0.293 e. The van der Waals surface area contributed by atoms with E-state index < -0.39 is 6.10 Å². The van der Waals surface area contributed by atoms with E-state index in [0.29, 0.717) is 25.6 Å². The number of carbonyl (C=O) groups excluding carboxylic acids is 2. The largest absolute Gasteiger partial charge is 0.468 e. The maximum absolute atomic E-state index is 12.9. The van der Waals surface area contributed by atoms with Gasteiger partial charge in [-0.05, 0) is 84.3 Å². The van der Waals surface area contributed by atoms with Crippen LogP contribution in [0.3, 0.4) is 0 Å². The van der Waals surface area contributed by atoms with E-state index in [0.717, 1.165) is 34.7 Å². The molecule has 2 aromatic rings. The molecule has 1 saturated carbocycles. The Labute approximate surface area is 222 Å². The molecule has 1 N–H and O–H groups in total. The van der Waals surface area contributed by atoms with Crippen LogP contribution in [-0.2, 0) is 19.1 Å². The summed E-state index contributed by atoms with van der Waals surface area (Å²) >= 11 is 0. The van der Waals surface area contributed by atoms with Gasteiger partial charge < -0.3 is 19.4 Å². The second-order valence-electron chi connectivity index (χ2n) is 10.6. The Morgan fingerprint density at radius 2 is 1.84 bits per heavy atom. The number of anilines is 1. The molecule has 0 radical (unpaired) electrons. The lowest BCUT2D eigenvalue weighted by Crippen LogP contribution is -2.27. The zero-order valence-corrected chi connectivity index (χ0v) is 23.9. The predicted octanol–water partition coefficient (Wildman–Crippen LogP) is 6.30. The Morgan fingerprint density at radius 1 is 1.14 bits per heavy atom. The molecule has 0 unspecified atom stereocenters. The Hall–Kier alpha value is -2.74. The Balaban J connectivity index is 0.000000877. The van der Waals surface area contributed by atoms with Crippen LogP contribution >= 0.6 is 0 Å². The number of rotatable bonds is 12. The van der Waals surface area contributed by atoms with Crippen molar-refractivity contribution in [3.8, 4) is 0 Å². The highest BCUT2D eigenvalue weighted by molar-refractivity contribution is 5.91. The lowest BCUT2D eigenvalue weighted by atomic mass is 9.71. The molecule has 1 atom stereocenters. The lowest BCUT2D eigenvalue weighted by molar-refractivity contribution is -0.128. The van der Waals surface area contributed by atoms with Gasteiger partial charge in [-0.2, -0.15) is 0 Å². The standard InChI is InChI=1S/C26H40N4O2.C3H6O2/c1-8-32-23(15-24(31)27-22-10-9-18(6)12-19(22)7)26-29-28-25(30(26)17(4)5)21-13-20(14-21)11-16(2)3;1-2-5-3-4/h9-10,12,16-17,20-21,23H,8,11,13-15H2,1-7H3,(H,27,31);3H,2H2,1H3/t20?,21?,23-;/m0./s1. The second-order valence-corrected chi connectivity index (χ2v) is 10.6. The first kappa shape index (κ1) is 30.5. The molecule has 0 aliphatic heterocycles. The molecule has 1 aliphatic carbocycles. The highest BCUT2D eigenvalue weighted by atomic mass is 16.5. The number of ether oxygens (including phenoxy) is 2. The van der Waals surface area contributed by atoms with Gasteiger partial charge in [0.2, 0.25) is 5.91 Å². The van der Waals surface area contributed by atoms with Crippen molar-refractivity contribution < 1.29 is 19.1 Å². The van der Waals surface area contributed by atoms with Gasteiger partial charge in [-0.15, -0.1) is 10.2 Å². The molecular formula is C29H46N4O4. The summed E-state index contributed by atoms with van der Waals surface area (Å²) in [6.07, 6.45) is 3.43. The Kier molecular flexibility index (Phi) is 12.2. The summed E-state index contributed by atoms with van der Waals surface area (Å²) in [5.74, 6) is 3.71. The summed E-state index contributed by atoms with van der Waals surface area (Å²) in [5, 5.41) is 12.2. The fourth-order valence-electron chi connectivity index (χ4n) is 4.97. The molecule has 8 nitrogen and oxygen atoms in total. The average molecular weight is 515 g/mol. The number of nitrogens with one attached hydrogen (secondary N) is 1. The van der Waals surface area contributed by atoms with Crippen molar-refractivity contribution >= 4 is 18.1 Å². The topological polar surface area (TPSA) is 95.3 Å².